The largest absolute Gasteiger partial charge is 0.391 e. The van der Waals surface area contributed by atoms with Crippen LogP contribution in [0.25, 0.3) is 0 Å². The highest BCUT2D eigenvalue weighted by atomic mass is 32.1. The van der Waals surface area contributed by atoms with E-state index in [4.69, 9.17) is 0 Å². The third kappa shape index (κ3) is 2.07. The van der Waals surface area contributed by atoms with Gasteiger partial charge in [0.15, 0.2) is 0 Å². The van der Waals surface area contributed by atoms with Crippen LogP contribution in [0.5, 0.6) is 0 Å². The molecule has 2 N–H and O–H groups in total. The molecule has 0 amide bonds. The Labute approximate surface area is 81.8 Å². The van der Waals surface area contributed by atoms with E-state index in [2.05, 4.69) is 10.3 Å². The van der Waals surface area contributed by atoms with E-state index >= 15 is 0 Å². The molecule has 2 heterocycles. The first-order chi connectivity index (χ1) is 6.25. The van der Waals surface area contributed by atoms with Crippen molar-refractivity contribution in [2.24, 2.45) is 5.92 Å². The number of aliphatic hydroxyl groups excluding tert-OH is 1. The molecule has 0 bridgehead atoms. The number of thiazole rings is 1. The van der Waals surface area contributed by atoms with Crippen molar-refractivity contribution in [2.45, 2.75) is 19.4 Å². The number of β-amino-alcohol motifs (C(OH)–C–C–N with tert-alkyl or cyclic N) is 1. The van der Waals surface area contributed by atoms with Crippen LogP contribution in [0.1, 0.15) is 9.88 Å². The number of aliphatic hydroxyl groups is 1. The lowest BCUT2D eigenvalue weighted by Crippen LogP contribution is -2.19. The van der Waals surface area contributed by atoms with Gasteiger partial charge in [-0.05, 0) is 13.3 Å². The third-order valence-electron chi connectivity index (χ3n) is 2.44. The van der Waals surface area contributed by atoms with Crippen molar-refractivity contribution in [3.05, 3.63) is 16.1 Å². The number of hydrogen-bond acceptors (Lipinski definition) is 4. The number of hydrogen-bond donors (Lipinski definition) is 2. The summed E-state index contributed by atoms with van der Waals surface area (Å²) in [5.74, 6) is 0.375. The second-order valence-electron chi connectivity index (χ2n) is 3.54. The lowest BCUT2D eigenvalue weighted by atomic mass is 10.0. The first kappa shape index (κ1) is 9.12. The molecule has 0 saturated carbocycles. The number of nitrogens with one attached hydrogen (secondary N) is 1. The maximum Gasteiger partial charge on any atom is 0.0896 e. The van der Waals surface area contributed by atoms with Crippen molar-refractivity contribution in [1.82, 2.24) is 10.3 Å². The molecule has 4 heteroatoms. The minimum Gasteiger partial charge on any atom is -0.391 e. The van der Waals surface area contributed by atoms with E-state index in [1.54, 1.807) is 11.3 Å². The number of rotatable bonds is 2. The normalized spacial score (nSPS) is 28.2. The zero-order chi connectivity index (χ0) is 9.26. The Balaban J connectivity index is 1.97. The molecule has 0 radical (unpaired) electrons. The van der Waals surface area contributed by atoms with Crippen molar-refractivity contribution in [2.75, 3.05) is 13.1 Å². The zero-order valence-corrected chi connectivity index (χ0v) is 8.47. The van der Waals surface area contributed by atoms with Crippen LogP contribution >= 0.6 is 11.3 Å². The Bertz CT molecular complexity index is 287. The van der Waals surface area contributed by atoms with Gasteiger partial charge in [0.25, 0.3) is 0 Å². The van der Waals surface area contributed by atoms with Crippen LogP contribution in [-0.2, 0) is 6.42 Å². The average Bonchev–Trinajstić information content (AvgIpc) is 2.64. The fraction of sp³-hybridized carbons (Fsp3) is 0.667. The number of aryl methyl sites for hydroxylation is 1. The minimum absolute atomic E-state index is 0.178. The summed E-state index contributed by atoms with van der Waals surface area (Å²) in [5, 5.41) is 13.9. The molecule has 13 heavy (non-hydrogen) atoms. The van der Waals surface area contributed by atoms with E-state index in [9.17, 15) is 5.11 Å². The molecule has 1 aliphatic rings. The van der Waals surface area contributed by atoms with E-state index < -0.39 is 0 Å². The zero-order valence-electron chi connectivity index (χ0n) is 7.66. The van der Waals surface area contributed by atoms with Crippen molar-refractivity contribution >= 4 is 11.3 Å². The van der Waals surface area contributed by atoms with Gasteiger partial charge >= 0.3 is 0 Å². The van der Waals surface area contributed by atoms with E-state index in [0.29, 0.717) is 5.92 Å². The number of nitrogens with zero attached hydrogens (tertiary/aromatic N) is 1. The van der Waals surface area contributed by atoms with Crippen molar-refractivity contribution in [3.63, 3.8) is 0 Å². The first-order valence-electron chi connectivity index (χ1n) is 4.56. The molecule has 1 aromatic heterocycles. The van der Waals surface area contributed by atoms with Crippen LogP contribution in [0.3, 0.4) is 0 Å². The lowest BCUT2D eigenvalue weighted by Gasteiger charge is -2.10. The highest BCUT2D eigenvalue weighted by Crippen LogP contribution is 2.20. The standard InChI is InChI=1S/C9H14N2OS/c1-6-11-4-8(13-6)2-7-3-10-5-9(7)12/h4,7,9-10,12H,2-3,5H2,1H3/t7-,9-/m1/s1. The van der Waals surface area contributed by atoms with Crippen LogP contribution in [-0.4, -0.2) is 29.3 Å². The van der Waals surface area contributed by atoms with Crippen LogP contribution in [0, 0.1) is 12.8 Å². The Morgan fingerprint density at radius 1 is 1.69 bits per heavy atom. The Kier molecular flexibility index (Phi) is 2.62. The highest BCUT2D eigenvalue weighted by molar-refractivity contribution is 7.11. The predicted molar refractivity (Wildman–Crippen MR) is 52.9 cm³/mol. The summed E-state index contributed by atoms with van der Waals surface area (Å²) in [6.45, 7) is 3.68. The Hall–Kier alpha value is -0.450. The highest BCUT2D eigenvalue weighted by Gasteiger charge is 2.25. The summed E-state index contributed by atoms with van der Waals surface area (Å²) in [5.41, 5.74) is 0. The SMILES string of the molecule is Cc1ncc(C[C@@H]2CNC[C@H]2O)s1. The maximum atomic E-state index is 9.58. The fourth-order valence-corrected chi connectivity index (χ4v) is 2.57. The quantitative estimate of drug-likeness (QED) is 0.730. The maximum absolute atomic E-state index is 9.58. The molecule has 1 aromatic rings. The molecule has 72 valence electrons. The predicted octanol–water partition coefficient (Wildman–Crippen LogP) is 0.574. The van der Waals surface area contributed by atoms with Gasteiger partial charge in [-0.1, -0.05) is 0 Å². The summed E-state index contributed by atoms with van der Waals surface area (Å²) in [4.78, 5) is 5.48. The molecule has 1 aliphatic heterocycles. The van der Waals surface area contributed by atoms with Gasteiger partial charge in [0.05, 0.1) is 11.1 Å². The Morgan fingerprint density at radius 2 is 2.54 bits per heavy atom. The summed E-state index contributed by atoms with van der Waals surface area (Å²) < 4.78 is 0. The Morgan fingerprint density at radius 3 is 3.08 bits per heavy atom. The summed E-state index contributed by atoms with van der Waals surface area (Å²) in [6.07, 6.45) is 2.70. The van der Waals surface area contributed by atoms with Crippen LogP contribution in [0.15, 0.2) is 6.20 Å². The molecular weight excluding hydrogens is 184 g/mol. The number of aromatic nitrogens is 1. The minimum atomic E-state index is -0.178. The molecule has 1 fully saturated rings. The smallest absolute Gasteiger partial charge is 0.0896 e. The van der Waals surface area contributed by atoms with E-state index in [1.807, 2.05) is 13.1 Å². The van der Waals surface area contributed by atoms with Gasteiger partial charge in [0.2, 0.25) is 0 Å². The molecule has 0 spiro atoms. The molecular formula is C9H14N2OS. The fourth-order valence-electron chi connectivity index (χ4n) is 1.69. The second-order valence-corrected chi connectivity index (χ2v) is 4.85. The van der Waals surface area contributed by atoms with Gasteiger partial charge in [0.1, 0.15) is 0 Å². The molecule has 2 atom stereocenters. The third-order valence-corrected chi connectivity index (χ3v) is 3.37. The molecule has 0 unspecified atom stereocenters. The van der Waals surface area contributed by atoms with E-state index in [-0.39, 0.29) is 6.10 Å². The van der Waals surface area contributed by atoms with E-state index in [1.165, 1.54) is 4.88 Å². The van der Waals surface area contributed by atoms with Crippen molar-refractivity contribution < 1.29 is 5.11 Å². The topological polar surface area (TPSA) is 45.2 Å². The second kappa shape index (κ2) is 3.74. The molecule has 2 rings (SSSR count). The lowest BCUT2D eigenvalue weighted by molar-refractivity contribution is 0.148. The molecule has 3 nitrogen and oxygen atoms in total. The van der Waals surface area contributed by atoms with Gasteiger partial charge < -0.3 is 10.4 Å². The summed E-state index contributed by atoms with van der Waals surface area (Å²) in [7, 11) is 0. The van der Waals surface area contributed by atoms with Gasteiger partial charge in [-0.3, -0.25) is 0 Å². The van der Waals surface area contributed by atoms with Crippen LogP contribution in [0.4, 0.5) is 0 Å². The van der Waals surface area contributed by atoms with Crippen molar-refractivity contribution in [3.8, 4) is 0 Å². The first-order valence-corrected chi connectivity index (χ1v) is 5.37. The molecule has 1 saturated heterocycles. The van der Waals surface area contributed by atoms with E-state index in [0.717, 1.165) is 24.5 Å². The van der Waals surface area contributed by atoms with Gasteiger partial charge in [-0.2, -0.15) is 0 Å². The van der Waals surface area contributed by atoms with Crippen LogP contribution in [0.2, 0.25) is 0 Å². The summed E-state index contributed by atoms with van der Waals surface area (Å²) in [6, 6.07) is 0. The monoisotopic (exact) mass is 198 g/mol. The van der Waals surface area contributed by atoms with Crippen molar-refractivity contribution in [1.29, 1.82) is 0 Å². The van der Waals surface area contributed by atoms with Gasteiger partial charge in [-0.25, -0.2) is 4.98 Å². The van der Waals surface area contributed by atoms with Gasteiger partial charge in [-0.15, -0.1) is 11.3 Å². The van der Waals surface area contributed by atoms with Gasteiger partial charge in [0, 0.05) is 30.1 Å². The van der Waals surface area contributed by atoms with Crippen LogP contribution < -0.4 is 5.32 Å². The molecule has 0 aromatic carbocycles. The molecule has 0 aliphatic carbocycles. The summed E-state index contributed by atoms with van der Waals surface area (Å²) >= 11 is 1.73. The average molecular weight is 198 g/mol.